The number of unbranched alkanes of at least 4 members (excludes halogenated alkanes) is 4. The van der Waals surface area contributed by atoms with E-state index in [-0.39, 0.29) is 6.04 Å². The van der Waals surface area contributed by atoms with Crippen LogP contribution in [0.3, 0.4) is 0 Å². The van der Waals surface area contributed by atoms with Crippen LogP contribution in [-0.4, -0.2) is 9.78 Å². The van der Waals surface area contributed by atoms with E-state index in [4.69, 9.17) is 5.73 Å². The van der Waals surface area contributed by atoms with Crippen LogP contribution in [0, 0.1) is 6.92 Å². The minimum Gasteiger partial charge on any atom is -0.324 e. The Labute approximate surface area is 99.0 Å². The minimum atomic E-state index is 0.162. The number of rotatable bonds is 7. The van der Waals surface area contributed by atoms with Crippen molar-refractivity contribution >= 4 is 0 Å². The van der Waals surface area contributed by atoms with Crippen molar-refractivity contribution in [3.05, 3.63) is 17.5 Å². The Hall–Kier alpha value is -0.830. The fraction of sp³-hybridized carbons (Fsp3) is 0.769. The molecular weight excluding hydrogens is 198 g/mol. The molecular formula is C13H25N3. The first-order valence-electron chi connectivity index (χ1n) is 6.41. The van der Waals surface area contributed by atoms with Gasteiger partial charge in [-0.05, 0) is 13.3 Å². The summed E-state index contributed by atoms with van der Waals surface area (Å²) < 4.78 is 1.90. The van der Waals surface area contributed by atoms with Crippen molar-refractivity contribution in [2.24, 2.45) is 12.8 Å². The Bertz CT molecular complexity index is 304. The number of nitrogens with two attached hydrogens (primary N) is 1. The lowest BCUT2D eigenvalue weighted by molar-refractivity contribution is 0.553. The summed E-state index contributed by atoms with van der Waals surface area (Å²) in [4.78, 5) is 0. The van der Waals surface area contributed by atoms with Crippen LogP contribution in [-0.2, 0) is 7.05 Å². The maximum atomic E-state index is 6.17. The van der Waals surface area contributed by atoms with Gasteiger partial charge in [-0.25, -0.2) is 0 Å². The molecule has 0 radical (unpaired) electrons. The van der Waals surface area contributed by atoms with Gasteiger partial charge in [0.1, 0.15) is 0 Å². The van der Waals surface area contributed by atoms with E-state index in [1.54, 1.807) is 0 Å². The van der Waals surface area contributed by atoms with Crippen LogP contribution < -0.4 is 5.73 Å². The van der Waals surface area contributed by atoms with Crippen LogP contribution in [0.2, 0.25) is 0 Å². The van der Waals surface area contributed by atoms with Gasteiger partial charge in [0.15, 0.2) is 0 Å². The van der Waals surface area contributed by atoms with E-state index in [9.17, 15) is 0 Å². The quantitative estimate of drug-likeness (QED) is 0.722. The summed E-state index contributed by atoms with van der Waals surface area (Å²) in [6.07, 6.45) is 9.52. The number of nitrogens with zero attached hydrogens (tertiary/aromatic N) is 2. The average Bonchev–Trinajstić information content (AvgIpc) is 2.59. The van der Waals surface area contributed by atoms with Gasteiger partial charge in [0.05, 0.1) is 6.20 Å². The molecule has 2 N–H and O–H groups in total. The van der Waals surface area contributed by atoms with Gasteiger partial charge < -0.3 is 5.73 Å². The van der Waals surface area contributed by atoms with Crippen molar-refractivity contribution in [3.63, 3.8) is 0 Å². The molecule has 0 bridgehead atoms. The van der Waals surface area contributed by atoms with Gasteiger partial charge in [0.2, 0.25) is 0 Å². The molecule has 0 saturated heterocycles. The van der Waals surface area contributed by atoms with E-state index in [1.807, 2.05) is 17.9 Å². The number of hydrogen-bond acceptors (Lipinski definition) is 2. The monoisotopic (exact) mass is 223 g/mol. The topological polar surface area (TPSA) is 43.8 Å². The SMILES string of the molecule is CCCCCCCC(N)c1cnn(C)c1C. The molecule has 0 fully saturated rings. The Morgan fingerprint density at radius 3 is 2.56 bits per heavy atom. The van der Waals surface area contributed by atoms with E-state index in [2.05, 4.69) is 18.9 Å². The molecule has 1 aromatic rings. The number of hydrogen-bond donors (Lipinski definition) is 1. The molecule has 1 rings (SSSR count). The lowest BCUT2D eigenvalue weighted by Crippen LogP contribution is -2.11. The first-order valence-corrected chi connectivity index (χ1v) is 6.41. The molecule has 0 saturated carbocycles. The fourth-order valence-electron chi connectivity index (χ4n) is 2.00. The summed E-state index contributed by atoms with van der Waals surface area (Å²) in [6.45, 7) is 4.32. The van der Waals surface area contributed by atoms with E-state index >= 15 is 0 Å². The Kier molecular flexibility index (Phi) is 5.53. The van der Waals surface area contributed by atoms with Crippen LogP contribution in [0.15, 0.2) is 6.20 Å². The third kappa shape index (κ3) is 3.63. The summed E-state index contributed by atoms with van der Waals surface area (Å²) in [5.41, 5.74) is 8.57. The van der Waals surface area contributed by atoms with Crippen LogP contribution >= 0.6 is 0 Å². The zero-order chi connectivity index (χ0) is 12.0. The van der Waals surface area contributed by atoms with Crippen LogP contribution in [0.1, 0.15) is 62.7 Å². The normalized spacial score (nSPS) is 13.0. The van der Waals surface area contributed by atoms with Gasteiger partial charge in [0, 0.05) is 24.3 Å². The number of aryl methyl sites for hydroxylation is 1. The molecule has 1 atom stereocenters. The number of aromatic nitrogens is 2. The molecule has 0 aliphatic rings. The van der Waals surface area contributed by atoms with Crippen LogP contribution in [0.5, 0.6) is 0 Å². The smallest absolute Gasteiger partial charge is 0.0540 e. The van der Waals surface area contributed by atoms with Crippen molar-refractivity contribution < 1.29 is 0 Å². The molecule has 0 amide bonds. The van der Waals surface area contributed by atoms with Crippen molar-refractivity contribution in [2.45, 2.75) is 58.4 Å². The predicted octanol–water partition coefficient (Wildman–Crippen LogP) is 3.09. The maximum absolute atomic E-state index is 6.17. The van der Waals surface area contributed by atoms with Gasteiger partial charge >= 0.3 is 0 Å². The molecule has 3 nitrogen and oxygen atoms in total. The molecule has 16 heavy (non-hydrogen) atoms. The molecule has 0 aliphatic heterocycles. The van der Waals surface area contributed by atoms with E-state index in [0.717, 1.165) is 6.42 Å². The van der Waals surface area contributed by atoms with Crippen molar-refractivity contribution in [1.82, 2.24) is 9.78 Å². The summed E-state index contributed by atoms with van der Waals surface area (Å²) in [5, 5.41) is 4.23. The van der Waals surface area contributed by atoms with Gasteiger partial charge in [-0.1, -0.05) is 39.0 Å². The van der Waals surface area contributed by atoms with E-state index < -0.39 is 0 Å². The van der Waals surface area contributed by atoms with Crippen molar-refractivity contribution in [3.8, 4) is 0 Å². The van der Waals surface area contributed by atoms with Crippen molar-refractivity contribution in [1.29, 1.82) is 0 Å². The lowest BCUT2D eigenvalue weighted by atomic mass is 10.0. The molecule has 1 aromatic heterocycles. The lowest BCUT2D eigenvalue weighted by Gasteiger charge is -2.10. The highest BCUT2D eigenvalue weighted by molar-refractivity contribution is 5.19. The summed E-state index contributed by atoms with van der Waals surface area (Å²) in [7, 11) is 1.97. The Morgan fingerprint density at radius 1 is 1.31 bits per heavy atom. The zero-order valence-corrected chi connectivity index (χ0v) is 10.9. The summed E-state index contributed by atoms with van der Waals surface area (Å²) in [5.74, 6) is 0. The Morgan fingerprint density at radius 2 is 2.00 bits per heavy atom. The standard InChI is InChI=1S/C13H25N3/c1-4-5-6-7-8-9-13(14)12-10-15-16(3)11(12)2/h10,13H,4-9,14H2,1-3H3. The predicted molar refractivity (Wildman–Crippen MR) is 68.2 cm³/mol. The minimum absolute atomic E-state index is 0.162. The molecule has 0 spiro atoms. The average molecular weight is 223 g/mol. The molecule has 1 heterocycles. The second-order valence-corrected chi connectivity index (χ2v) is 4.62. The molecule has 0 aliphatic carbocycles. The second-order valence-electron chi connectivity index (χ2n) is 4.62. The van der Waals surface area contributed by atoms with Gasteiger partial charge in [-0.3, -0.25) is 4.68 Å². The van der Waals surface area contributed by atoms with Crippen LogP contribution in [0.4, 0.5) is 0 Å². The highest BCUT2D eigenvalue weighted by Gasteiger charge is 2.11. The fourth-order valence-corrected chi connectivity index (χ4v) is 2.00. The first kappa shape index (κ1) is 13.2. The first-order chi connectivity index (χ1) is 7.66. The molecule has 1 unspecified atom stereocenters. The van der Waals surface area contributed by atoms with E-state index in [0.29, 0.717) is 0 Å². The second kappa shape index (κ2) is 6.69. The highest BCUT2D eigenvalue weighted by Crippen LogP contribution is 2.20. The van der Waals surface area contributed by atoms with Gasteiger partial charge in [-0.15, -0.1) is 0 Å². The molecule has 92 valence electrons. The van der Waals surface area contributed by atoms with E-state index in [1.165, 1.54) is 43.4 Å². The highest BCUT2D eigenvalue weighted by atomic mass is 15.3. The summed E-state index contributed by atoms with van der Waals surface area (Å²) in [6, 6.07) is 0.162. The molecule has 3 heteroatoms. The Balaban J connectivity index is 2.30. The van der Waals surface area contributed by atoms with Gasteiger partial charge in [-0.2, -0.15) is 5.10 Å². The zero-order valence-electron chi connectivity index (χ0n) is 10.9. The maximum Gasteiger partial charge on any atom is 0.0540 e. The van der Waals surface area contributed by atoms with Gasteiger partial charge in [0.25, 0.3) is 0 Å². The van der Waals surface area contributed by atoms with Crippen LogP contribution in [0.25, 0.3) is 0 Å². The summed E-state index contributed by atoms with van der Waals surface area (Å²) >= 11 is 0. The third-order valence-corrected chi connectivity index (χ3v) is 3.29. The van der Waals surface area contributed by atoms with Crippen molar-refractivity contribution in [2.75, 3.05) is 0 Å². The largest absolute Gasteiger partial charge is 0.324 e. The third-order valence-electron chi connectivity index (χ3n) is 3.29. The molecule has 0 aromatic carbocycles.